The zero-order valence-electron chi connectivity index (χ0n) is 21.2. The molecule has 1 spiro atoms. The monoisotopic (exact) mass is 502 g/mol. The van der Waals surface area contributed by atoms with Crippen LogP contribution in [0.2, 0.25) is 0 Å². The van der Waals surface area contributed by atoms with E-state index in [0.29, 0.717) is 25.9 Å². The van der Waals surface area contributed by atoms with Crippen molar-refractivity contribution in [2.24, 2.45) is 5.41 Å². The van der Waals surface area contributed by atoms with Gasteiger partial charge in [0.2, 0.25) is 5.91 Å². The smallest absolute Gasteiger partial charge is 0.287 e. The van der Waals surface area contributed by atoms with Crippen LogP contribution in [0.1, 0.15) is 48.2 Å². The number of benzene rings is 1. The Morgan fingerprint density at radius 3 is 2.30 bits per heavy atom. The highest BCUT2D eigenvalue weighted by Crippen LogP contribution is 2.40. The van der Waals surface area contributed by atoms with Gasteiger partial charge in [-0.15, -0.1) is 0 Å². The zero-order valence-corrected chi connectivity index (χ0v) is 21.2. The lowest BCUT2D eigenvalue weighted by atomic mass is 9.78. The third kappa shape index (κ3) is 6.90. The van der Waals surface area contributed by atoms with Crippen molar-refractivity contribution in [3.63, 3.8) is 0 Å². The topological polar surface area (TPSA) is 117 Å². The second-order valence-corrected chi connectivity index (χ2v) is 9.97. The maximum absolute atomic E-state index is 12.6. The minimum atomic E-state index is -0.372. The summed E-state index contributed by atoms with van der Waals surface area (Å²) in [6.45, 7) is 5.65. The molecule has 2 aliphatic rings. The number of likely N-dealkylation sites (tertiary alicyclic amines) is 2. The van der Waals surface area contributed by atoms with E-state index in [4.69, 9.17) is 14.9 Å². The minimum absolute atomic E-state index is 0.0148. The summed E-state index contributed by atoms with van der Waals surface area (Å²) >= 11 is 0. The van der Waals surface area contributed by atoms with Crippen molar-refractivity contribution in [2.75, 3.05) is 50.7 Å². The number of piperidine rings is 1. The van der Waals surface area contributed by atoms with Gasteiger partial charge < -0.3 is 19.5 Å². The molecule has 194 valence electrons. The number of nitriles is 2. The van der Waals surface area contributed by atoms with E-state index in [2.05, 4.69) is 51.5 Å². The van der Waals surface area contributed by atoms with E-state index in [1.807, 2.05) is 4.90 Å². The van der Waals surface area contributed by atoms with Gasteiger partial charge in [-0.1, -0.05) is 12.1 Å². The predicted octanol–water partition coefficient (Wildman–Crippen LogP) is 3.16. The summed E-state index contributed by atoms with van der Waals surface area (Å²) in [5, 5.41) is 20.5. The minimum Gasteiger partial charge on any atom is -0.459 e. The molecule has 3 heterocycles. The van der Waals surface area contributed by atoms with Crippen molar-refractivity contribution in [1.29, 1.82) is 10.5 Å². The summed E-state index contributed by atoms with van der Waals surface area (Å²) in [5.41, 5.74) is 2.55. The van der Waals surface area contributed by atoms with Crippen LogP contribution in [0.15, 0.2) is 47.1 Å². The normalized spacial score (nSPS) is 16.8. The van der Waals surface area contributed by atoms with Gasteiger partial charge in [0.15, 0.2) is 5.76 Å². The number of hydrogen-bond acceptors (Lipinski definition) is 7. The highest BCUT2D eigenvalue weighted by Gasteiger charge is 2.41. The molecule has 0 radical (unpaired) electrons. The van der Waals surface area contributed by atoms with Gasteiger partial charge >= 0.3 is 0 Å². The summed E-state index contributed by atoms with van der Waals surface area (Å²) in [6.07, 6.45) is 5.40. The molecule has 37 heavy (non-hydrogen) atoms. The summed E-state index contributed by atoms with van der Waals surface area (Å²) < 4.78 is 5.07. The largest absolute Gasteiger partial charge is 0.459 e. The number of rotatable bonds is 10. The quantitative estimate of drug-likeness (QED) is 0.530. The molecule has 0 saturated carbocycles. The first-order valence-corrected chi connectivity index (χ1v) is 12.9. The van der Waals surface area contributed by atoms with E-state index in [9.17, 15) is 9.59 Å². The lowest BCUT2D eigenvalue weighted by molar-refractivity contribution is -0.132. The number of nitrogens with zero attached hydrogens (tertiary/aromatic N) is 5. The maximum Gasteiger partial charge on any atom is 0.287 e. The molecule has 0 atom stereocenters. The molecule has 2 amide bonds. The third-order valence-corrected chi connectivity index (χ3v) is 7.53. The predicted molar refractivity (Wildman–Crippen MR) is 138 cm³/mol. The molecule has 9 nitrogen and oxygen atoms in total. The van der Waals surface area contributed by atoms with Crippen LogP contribution in [0.3, 0.4) is 0 Å². The van der Waals surface area contributed by atoms with Crippen LogP contribution in [0.4, 0.5) is 5.69 Å². The van der Waals surface area contributed by atoms with Crippen molar-refractivity contribution in [3.8, 4) is 12.1 Å². The fraction of sp³-hybridized carbons (Fsp3) is 0.500. The van der Waals surface area contributed by atoms with Gasteiger partial charge in [0.25, 0.3) is 5.91 Å². The highest BCUT2D eigenvalue weighted by atomic mass is 16.3. The van der Waals surface area contributed by atoms with Gasteiger partial charge in [0.05, 0.1) is 37.8 Å². The molecule has 2 fully saturated rings. The fourth-order valence-electron chi connectivity index (χ4n) is 5.37. The molecule has 1 N–H and O–H groups in total. The van der Waals surface area contributed by atoms with Gasteiger partial charge in [0.1, 0.15) is 0 Å². The number of anilines is 1. The summed E-state index contributed by atoms with van der Waals surface area (Å²) in [4.78, 5) is 31.1. The Hall–Kier alpha value is -3.82. The van der Waals surface area contributed by atoms with E-state index >= 15 is 0 Å². The van der Waals surface area contributed by atoms with Gasteiger partial charge in [-0.25, -0.2) is 0 Å². The molecule has 2 aromatic rings. The van der Waals surface area contributed by atoms with Gasteiger partial charge in [0, 0.05) is 45.0 Å². The number of furan rings is 1. The number of amides is 2. The summed E-state index contributed by atoms with van der Waals surface area (Å²) in [6, 6.07) is 16.1. The second kappa shape index (κ2) is 12.4. The first-order valence-electron chi connectivity index (χ1n) is 12.9. The van der Waals surface area contributed by atoms with Crippen molar-refractivity contribution >= 4 is 17.5 Å². The molecule has 0 bridgehead atoms. The van der Waals surface area contributed by atoms with Crippen LogP contribution >= 0.6 is 0 Å². The Morgan fingerprint density at radius 1 is 1.00 bits per heavy atom. The van der Waals surface area contributed by atoms with Crippen LogP contribution in [0.5, 0.6) is 0 Å². The Morgan fingerprint density at radius 2 is 1.68 bits per heavy atom. The van der Waals surface area contributed by atoms with Crippen molar-refractivity contribution in [2.45, 2.75) is 38.6 Å². The molecule has 2 aliphatic heterocycles. The van der Waals surface area contributed by atoms with E-state index < -0.39 is 0 Å². The number of carbonyl (C=O) groups is 2. The average molecular weight is 503 g/mol. The third-order valence-electron chi connectivity index (χ3n) is 7.53. The summed E-state index contributed by atoms with van der Waals surface area (Å²) in [5.74, 6) is -0.215. The second-order valence-electron chi connectivity index (χ2n) is 9.97. The van der Waals surface area contributed by atoms with Crippen LogP contribution in [0.25, 0.3) is 0 Å². The molecular formula is C28H34N6O3. The van der Waals surface area contributed by atoms with E-state index in [1.165, 1.54) is 11.8 Å². The number of hydrogen-bond donors (Lipinski definition) is 1. The highest BCUT2D eigenvalue weighted by molar-refractivity contribution is 5.94. The lowest BCUT2D eigenvalue weighted by Crippen LogP contribution is -2.47. The summed E-state index contributed by atoms with van der Waals surface area (Å²) in [7, 11) is 0. The lowest BCUT2D eigenvalue weighted by Gasteiger charge is -2.39. The van der Waals surface area contributed by atoms with Gasteiger partial charge in [-0.3, -0.25) is 14.5 Å². The maximum atomic E-state index is 12.6. The molecule has 9 heteroatoms. The van der Waals surface area contributed by atoms with Gasteiger partial charge in [-0.2, -0.15) is 10.5 Å². The average Bonchev–Trinajstić information content (AvgIpc) is 3.59. The van der Waals surface area contributed by atoms with Crippen LogP contribution in [0, 0.1) is 28.1 Å². The first-order chi connectivity index (χ1) is 18.0. The van der Waals surface area contributed by atoms with Crippen LogP contribution < -0.4 is 10.2 Å². The Kier molecular flexibility index (Phi) is 8.81. The first kappa shape index (κ1) is 26.2. The van der Waals surface area contributed by atoms with Crippen molar-refractivity contribution in [1.82, 2.24) is 15.1 Å². The molecule has 0 unspecified atom stereocenters. The standard InChI is InChI=1S/C28H34N6O3/c29-12-2-14-33(15-3-13-30)24-7-5-23(6-8-24)21-32-16-9-28(22-32)10-17-34(18-11-28)26(35)20-31-27(36)25-4-1-19-37-25/h1,4-8,19H,2-3,9-11,14-18,20-22H2,(H,31,36). The Bertz CT molecular complexity index is 1110. The van der Waals surface area contributed by atoms with Crippen molar-refractivity contribution in [3.05, 3.63) is 54.0 Å². The number of nitrogens with one attached hydrogen (secondary N) is 1. The van der Waals surface area contributed by atoms with Crippen LogP contribution in [-0.4, -0.2) is 67.4 Å². The molecule has 1 aromatic carbocycles. The zero-order chi connectivity index (χ0) is 26.1. The Labute approximate surface area is 218 Å². The molecule has 4 rings (SSSR count). The SMILES string of the molecule is N#CCCN(CCC#N)c1ccc(CN2CCC3(CCN(C(=O)CNC(=O)c4ccco4)CC3)C2)cc1. The fourth-order valence-corrected chi connectivity index (χ4v) is 5.37. The molecule has 2 saturated heterocycles. The molecular weight excluding hydrogens is 468 g/mol. The number of carbonyl (C=O) groups excluding carboxylic acids is 2. The van der Waals surface area contributed by atoms with Gasteiger partial charge in [-0.05, 0) is 61.1 Å². The van der Waals surface area contributed by atoms with E-state index in [1.54, 1.807) is 12.1 Å². The Balaban J connectivity index is 1.23. The molecule has 1 aromatic heterocycles. The van der Waals surface area contributed by atoms with E-state index in [0.717, 1.165) is 57.7 Å². The van der Waals surface area contributed by atoms with E-state index in [-0.39, 0.29) is 29.5 Å². The van der Waals surface area contributed by atoms with Crippen molar-refractivity contribution < 1.29 is 14.0 Å². The molecule has 0 aliphatic carbocycles. The van der Waals surface area contributed by atoms with Crippen LogP contribution in [-0.2, 0) is 11.3 Å².